The summed E-state index contributed by atoms with van der Waals surface area (Å²) in [6.45, 7) is 1.07. The molecule has 0 radical (unpaired) electrons. The van der Waals surface area contributed by atoms with E-state index < -0.39 is 0 Å². The Balaban J connectivity index is 1.85. The number of phenolic OH excluding ortho intramolecular Hbond substituents is 1. The lowest BCUT2D eigenvalue weighted by Gasteiger charge is -2.10. The number of epoxide rings is 1. The zero-order valence-corrected chi connectivity index (χ0v) is 10.8. The summed E-state index contributed by atoms with van der Waals surface area (Å²) in [5.41, 5.74) is 0.774. The lowest BCUT2D eigenvalue weighted by Crippen LogP contribution is -2.06. The van der Waals surface area contributed by atoms with Gasteiger partial charge < -0.3 is 14.6 Å². The zero-order chi connectivity index (χ0) is 13.9. The Hall–Kier alpha value is -2.33. The molecule has 4 heteroatoms. The molecule has 1 atom stereocenters. The Morgan fingerprint density at radius 2 is 1.95 bits per heavy atom. The van der Waals surface area contributed by atoms with Crippen molar-refractivity contribution < 1.29 is 19.4 Å². The topological polar surface area (TPSA) is 59.1 Å². The number of para-hydroxylation sites is 1. The van der Waals surface area contributed by atoms with Crippen LogP contribution in [-0.4, -0.2) is 30.2 Å². The van der Waals surface area contributed by atoms with Crippen LogP contribution in [0.4, 0.5) is 0 Å². The minimum absolute atomic E-state index is 0.0999. The minimum atomic E-state index is -0.226. The largest absolute Gasteiger partial charge is 0.504 e. The van der Waals surface area contributed by atoms with Gasteiger partial charge in [0.1, 0.15) is 12.7 Å². The summed E-state index contributed by atoms with van der Waals surface area (Å²) in [5, 5.41) is 10.2. The maximum Gasteiger partial charge on any atom is 0.196 e. The van der Waals surface area contributed by atoms with Gasteiger partial charge >= 0.3 is 0 Å². The summed E-state index contributed by atoms with van der Waals surface area (Å²) in [5.74, 6) is -0.0412. The van der Waals surface area contributed by atoms with Gasteiger partial charge in [-0.3, -0.25) is 4.79 Å². The van der Waals surface area contributed by atoms with Crippen molar-refractivity contribution in [3.8, 4) is 11.5 Å². The third kappa shape index (κ3) is 2.65. The van der Waals surface area contributed by atoms with Crippen molar-refractivity contribution >= 4 is 5.78 Å². The molecule has 1 aliphatic heterocycles. The molecule has 1 heterocycles. The average molecular weight is 270 g/mol. The second-order valence-corrected chi connectivity index (χ2v) is 4.61. The molecule has 2 aromatic carbocycles. The number of ether oxygens (including phenoxy) is 2. The van der Waals surface area contributed by atoms with Crippen molar-refractivity contribution in [1.29, 1.82) is 0 Å². The van der Waals surface area contributed by atoms with Gasteiger partial charge in [0.25, 0.3) is 0 Å². The van der Waals surface area contributed by atoms with Gasteiger partial charge in [0.05, 0.1) is 12.2 Å². The number of aromatic hydroxyl groups is 1. The molecule has 0 aliphatic carbocycles. The molecule has 1 saturated heterocycles. The third-order valence-corrected chi connectivity index (χ3v) is 3.11. The van der Waals surface area contributed by atoms with Gasteiger partial charge in [-0.1, -0.05) is 36.4 Å². The van der Waals surface area contributed by atoms with Crippen LogP contribution in [0.2, 0.25) is 0 Å². The highest BCUT2D eigenvalue weighted by Crippen LogP contribution is 2.31. The molecule has 0 spiro atoms. The van der Waals surface area contributed by atoms with Crippen molar-refractivity contribution in [2.45, 2.75) is 6.10 Å². The molecule has 0 amide bonds. The third-order valence-electron chi connectivity index (χ3n) is 3.11. The maximum absolute atomic E-state index is 12.3. The summed E-state index contributed by atoms with van der Waals surface area (Å²) in [6.07, 6.45) is 0.0999. The first-order valence-corrected chi connectivity index (χ1v) is 6.42. The molecule has 1 unspecified atom stereocenters. The summed E-state index contributed by atoms with van der Waals surface area (Å²) < 4.78 is 10.5. The second kappa shape index (κ2) is 5.35. The van der Waals surface area contributed by atoms with E-state index in [2.05, 4.69) is 0 Å². The van der Waals surface area contributed by atoms with Crippen molar-refractivity contribution in [3.63, 3.8) is 0 Å². The number of carbonyl (C=O) groups is 1. The highest BCUT2D eigenvalue weighted by molar-refractivity contribution is 6.11. The minimum Gasteiger partial charge on any atom is -0.504 e. The Morgan fingerprint density at radius 1 is 1.20 bits per heavy atom. The van der Waals surface area contributed by atoms with Crippen LogP contribution in [0.5, 0.6) is 11.5 Å². The summed E-state index contributed by atoms with van der Waals surface area (Å²) >= 11 is 0. The van der Waals surface area contributed by atoms with Gasteiger partial charge in [0.15, 0.2) is 17.3 Å². The Labute approximate surface area is 116 Å². The smallest absolute Gasteiger partial charge is 0.196 e. The standard InChI is InChI=1S/C16H14O4/c17-15(11-5-2-1-3-6-11)13-7-4-8-14(16(13)18)20-10-12-9-19-12/h1-8,12,18H,9-10H2. The fraction of sp³-hybridized carbons (Fsp3) is 0.188. The van der Waals surface area contributed by atoms with Gasteiger partial charge in [-0.15, -0.1) is 0 Å². The first kappa shape index (κ1) is 12.7. The van der Waals surface area contributed by atoms with Crippen LogP contribution in [0.3, 0.4) is 0 Å². The second-order valence-electron chi connectivity index (χ2n) is 4.61. The Bertz CT molecular complexity index is 618. The van der Waals surface area contributed by atoms with E-state index in [1.54, 1.807) is 42.5 Å². The monoisotopic (exact) mass is 270 g/mol. The van der Waals surface area contributed by atoms with E-state index >= 15 is 0 Å². The average Bonchev–Trinajstić information content (AvgIpc) is 3.31. The van der Waals surface area contributed by atoms with E-state index in [0.717, 1.165) is 0 Å². The first-order chi connectivity index (χ1) is 9.75. The quantitative estimate of drug-likeness (QED) is 0.669. The highest BCUT2D eigenvalue weighted by Gasteiger charge is 2.24. The molecular weight excluding hydrogens is 256 g/mol. The lowest BCUT2D eigenvalue weighted by molar-refractivity contribution is 0.103. The number of hydrogen-bond donors (Lipinski definition) is 1. The Morgan fingerprint density at radius 3 is 2.65 bits per heavy atom. The van der Waals surface area contributed by atoms with E-state index in [1.165, 1.54) is 0 Å². The number of hydrogen-bond acceptors (Lipinski definition) is 4. The molecule has 1 N–H and O–H groups in total. The van der Waals surface area contributed by atoms with Gasteiger partial charge in [0.2, 0.25) is 0 Å². The molecule has 1 aliphatic rings. The van der Waals surface area contributed by atoms with Crippen LogP contribution in [0, 0.1) is 0 Å². The molecule has 3 rings (SSSR count). The normalized spacial score (nSPS) is 16.7. The lowest BCUT2D eigenvalue weighted by atomic mass is 10.0. The number of benzene rings is 2. The van der Waals surface area contributed by atoms with Crippen molar-refractivity contribution in [1.82, 2.24) is 0 Å². The molecule has 1 fully saturated rings. The predicted octanol–water partition coefficient (Wildman–Crippen LogP) is 2.40. The van der Waals surface area contributed by atoms with Crippen molar-refractivity contribution in [2.75, 3.05) is 13.2 Å². The van der Waals surface area contributed by atoms with Gasteiger partial charge in [0, 0.05) is 5.56 Å². The summed E-state index contributed by atoms with van der Waals surface area (Å²) in [7, 11) is 0. The maximum atomic E-state index is 12.3. The van der Waals surface area contributed by atoms with Gasteiger partial charge in [-0.2, -0.15) is 0 Å². The van der Waals surface area contributed by atoms with Crippen molar-refractivity contribution in [3.05, 3.63) is 59.7 Å². The number of ketones is 1. The van der Waals surface area contributed by atoms with Crippen LogP contribution in [-0.2, 0) is 4.74 Å². The van der Waals surface area contributed by atoms with Crippen LogP contribution >= 0.6 is 0 Å². The molecular formula is C16H14O4. The molecule has 2 aromatic rings. The SMILES string of the molecule is O=C(c1ccccc1)c1cccc(OCC2CO2)c1O. The predicted molar refractivity (Wildman–Crippen MR) is 73.2 cm³/mol. The van der Waals surface area contributed by atoms with Crippen LogP contribution in [0.25, 0.3) is 0 Å². The number of carbonyl (C=O) groups excluding carboxylic acids is 1. The van der Waals surface area contributed by atoms with E-state index in [9.17, 15) is 9.90 Å². The van der Waals surface area contributed by atoms with E-state index in [4.69, 9.17) is 9.47 Å². The highest BCUT2D eigenvalue weighted by atomic mass is 16.6. The number of rotatable bonds is 5. The fourth-order valence-corrected chi connectivity index (χ4v) is 1.91. The van der Waals surface area contributed by atoms with E-state index in [1.807, 2.05) is 6.07 Å². The van der Waals surface area contributed by atoms with Crippen molar-refractivity contribution in [2.24, 2.45) is 0 Å². The van der Waals surface area contributed by atoms with Crippen LogP contribution in [0.1, 0.15) is 15.9 Å². The van der Waals surface area contributed by atoms with E-state index in [-0.39, 0.29) is 23.2 Å². The summed E-state index contributed by atoms with van der Waals surface area (Å²) in [6, 6.07) is 13.8. The molecule has 102 valence electrons. The fourth-order valence-electron chi connectivity index (χ4n) is 1.91. The van der Waals surface area contributed by atoms with Gasteiger partial charge in [-0.25, -0.2) is 0 Å². The molecule has 4 nitrogen and oxygen atoms in total. The molecule has 0 saturated carbocycles. The zero-order valence-electron chi connectivity index (χ0n) is 10.8. The van der Waals surface area contributed by atoms with Crippen LogP contribution < -0.4 is 4.74 Å². The molecule has 0 bridgehead atoms. The summed E-state index contributed by atoms with van der Waals surface area (Å²) in [4.78, 5) is 12.3. The van der Waals surface area contributed by atoms with Crippen LogP contribution in [0.15, 0.2) is 48.5 Å². The molecule has 20 heavy (non-hydrogen) atoms. The Kier molecular flexibility index (Phi) is 3.39. The van der Waals surface area contributed by atoms with Gasteiger partial charge in [-0.05, 0) is 12.1 Å². The first-order valence-electron chi connectivity index (χ1n) is 6.42. The molecule has 0 aromatic heterocycles. The van der Waals surface area contributed by atoms with E-state index in [0.29, 0.717) is 24.5 Å². The number of phenols is 1.